The highest BCUT2D eigenvalue weighted by atomic mass is 14.6. The first kappa shape index (κ1) is 5.70. The van der Waals surface area contributed by atoms with Crippen molar-refractivity contribution in [2.45, 2.75) is 19.9 Å². The van der Waals surface area contributed by atoms with Crippen molar-refractivity contribution in [1.29, 1.82) is 0 Å². The van der Waals surface area contributed by atoms with Crippen molar-refractivity contribution in [2.24, 2.45) is 5.73 Å². The Bertz CT molecular complexity index is 45.9. The quantitative estimate of drug-likeness (QED) is 0.470. The molecule has 0 aromatic rings. The summed E-state index contributed by atoms with van der Waals surface area (Å²) in [5.41, 5.74) is 5.32. The summed E-state index contributed by atoms with van der Waals surface area (Å²) in [7, 11) is 0. The van der Waals surface area contributed by atoms with E-state index < -0.39 is 0 Å². The predicted molar refractivity (Wildman–Crippen MR) is 28.5 cm³/mol. The van der Waals surface area contributed by atoms with Crippen molar-refractivity contribution in [3.8, 4) is 0 Å². The molecule has 1 atom stereocenters. The van der Waals surface area contributed by atoms with Gasteiger partial charge in [0, 0.05) is 6.04 Å². The van der Waals surface area contributed by atoms with E-state index in [0.29, 0.717) is 0 Å². The third kappa shape index (κ3) is 3.70. The van der Waals surface area contributed by atoms with E-state index in [-0.39, 0.29) is 6.04 Å². The van der Waals surface area contributed by atoms with Gasteiger partial charge in [0.15, 0.2) is 0 Å². The van der Waals surface area contributed by atoms with Crippen LogP contribution in [-0.2, 0) is 0 Å². The summed E-state index contributed by atoms with van der Waals surface area (Å²) in [6, 6.07) is 0.218. The lowest BCUT2D eigenvalue weighted by Crippen LogP contribution is -2.09. The van der Waals surface area contributed by atoms with Crippen molar-refractivity contribution in [3.05, 3.63) is 12.2 Å². The largest absolute Gasteiger partial charge is 0.325 e. The average molecular weight is 85.2 g/mol. The van der Waals surface area contributed by atoms with Gasteiger partial charge in [-0.2, -0.15) is 0 Å². The third-order valence-corrected chi connectivity index (χ3v) is 0.496. The SMILES string of the molecule is C/C=C/[C@@H](C)N. The van der Waals surface area contributed by atoms with Crippen LogP contribution in [0.25, 0.3) is 0 Å². The summed E-state index contributed by atoms with van der Waals surface area (Å²) in [6.45, 7) is 3.91. The highest BCUT2D eigenvalue weighted by Crippen LogP contribution is 1.74. The maximum atomic E-state index is 5.32. The molecule has 36 valence electrons. The Morgan fingerprint density at radius 3 is 2.17 bits per heavy atom. The topological polar surface area (TPSA) is 26.0 Å². The second kappa shape index (κ2) is 2.91. The van der Waals surface area contributed by atoms with E-state index in [0.717, 1.165) is 0 Å². The molecule has 6 heavy (non-hydrogen) atoms. The molecule has 0 aromatic heterocycles. The summed E-state index contributed by atoms with van der Waals surface area (Å²) < 4.78 is 0. The molecule has 0 aliphatic carbocycles. The van der Waals surface area contributed by atoms with E-state index in [2.05, 4.69) is 0 Å². The van der Waals surface area contributed by atoms with E-state index in [1.807, 2.05) is 26.0 Å². The fourth-order valence-corrected chi connectivity index (χ4v) is 0.304. The second-order valence-electron chi connectivity index (χ2n) is 1.38. The number of nitrogens with two attached hydrogens (primary N) is 1. The highest BCUT2D eigenvalue weighted by molar-refractivity contribution is 4.84. The first-order chi connectivity index (χ1) is 2.77. The summed E-state index contributed by atoms with van der Waals surface area (Å²) in [4.78, 5) is 0. The van der Waals surface area contributed by atoms with Gasteiger partial charge < -0.3 is 5.73 Å². The van der Waals surface area contributed by atoms with Crippen molar-refractivity contribution in [1.82, 2.24) is 0 Å². The normalized spacial score (nSPS) is 15.8. The summed E-state index contributed by atoms with van der Waals surface area (Å²) in [5, 5.41) is 0. The molecule has 0 heterocycles. The minimum Gasteiger partial charge on any atom is -0.325 e. The summed E-state index contributed by atoms with van der Waals surface area (Å²) in [5.74, 6) is 0. The van der Waals surface area contributed by atoms with Crippen LogP contribution in [0.1, 0.15) is 13.8 Å². The van der Waals surface area contributed by atoms with Crippen LogP contribution >= 0.6 is 0 Å². The van der Waals surface area contributed by atoms with Gasteiger partial charge in [-0.25, -0.2) is 0 Å². The van der Waals surface area contributed by atoms with Crippen molar-refractivity contribution in [2.75, 3.05) is 0 Å². The molecule has 0 amide bonds. The Balaban J connectivity index is 3.03. The van der Waals surface area contributed by atoms with Crippen molar-refractivity contribution in [3.63, 3.8) is 0 Å². The number of hydrogen-bond donors (Lipinski definition) is 1. The molecule has 0 aliphatic rings. The molecular weight excluding hydrogens is 74.1 g/mol. The lowest BCUT2D eigenvalue weighted by atomic mass is 10.3. The second-order valence-corrected chi connectivity index (χ2v) is 1.38. The molecule has 0 radical (unpaired) electrons. The molecule has 0 spiro atoms. The molecule has 1 nitrogen and oxygen atoms in total. The lowest BCUT2D eigenvalue weighted by Gasteiger charge is -1.88. The standard InChI is InChI=1S/C5H11N/c1-3-4-5(2)6/h3-5H,6H2,1-2H3/b4-3+/t5-/m1/s1. The molecule has 0 unspecified atom stereocenters. The van der Waals surface area contributed by atoms with Crippen LogP contribution in [0.2, 0.25) is 0 Å². The summed E-state index contributed by atoms with van der Waals surface area (Å²) in [6.07, 6.45) is 3.89. The van der Waals surface area contributed by atoms with Gasteiger partial charge in [-0.1, -0.05) is 12.2 Å². The third-order valence-electron chi connectivity index (χ3n) is 0.496. The average Bonchev–Trinajstić information content (AvgIpc) is 1.35. The monoisotopic (exact) mass is 85.1 g/mol. The molecular formula is C5H11N. The first-order valence-corrected chi connectivity index (χ1v) is 2.15. The minimum atomic E-state index is 0.218. The highest BCUT2D eigenvalue weighted by Gasteiger charge is 1.75. The zero-order valence-electron chi connectivity index (χ0n) is 4.31. The van der Waals surface area contributed by atoms with Gasteiger partial charge in [0.2, 0.25) is 0 Å². The number of allylic oxidation sites excluding steroid dienone is 1. The fourth-order valence-electron chi connectivity index (χ4n) is 0.304. The first-order valence-electron chi connectivity index (χ1n) is 2.15. The summed E-state index contributed by atoms with van der Waals surface area (Å²) >= 11 is 0. The molecule has 0 aromatic carbocycles. The Labute approximate surface area is 38.8 Å². The van der Waals surface area contributed by atoms with Crippen LogP contribution in [-0.4, -0.2) is 6.04 Å². The van der Waals surface area contributed by atoms with Gasteiger partial charge in [-0.05, 0) is 13.8 Å². The zero-order chi connectivity index (χ0) is 4.99. The van der Waals surface area contributed by atoms with E-state index in [1.165, 1.54) is 0 Å². The Morgan fingerprint density at radius 1 is 1.67 bits per heavy atom. The maximum absolute atomic E-state index is 5.32. The van der Waals surface area contributed by atoms with Gasteiger partial charge in [0.25, 0.3) is 0 Å². The van der Waals surface area contributed by atoms with E-state index in [1.54, 1.807) is 0 Å². The Kier molecular flexibility index (Phi) is 2.77. The molecule has 0 rings (SSSR count). The van der Waals surface area contributed by atoms with E-state index in [4.69, 9.17) is 5.73 Å². The van der Waals surface area contributed by atoms with Crippen molar-refractivity contribution < 1.29 is 0 Å². The van der Waals surface area contributed by atoms with Crippen molar-refractivity contribution >= 4 is 0 Å². The van der Waals surface area contributed by atoms with Gasteiger partial charge >= 0.3 is 0 Å². The van der Waals surface area contributed by atoms with Crippen LogP contribution < -0.4 is 5.73 Å². The van der Waals surface area contributed by atoms with Gasteiger partial charge in [-0.15, -0.1) is 0 Å². The number of hydrogen-bond acceptors (Lipinski definition) is 1. The van der Waals surface area contributed by atoms with Crippen LogP contribution in [0.5, 0.6) is 0 Å². The van der Waals surface area contributed by atoms with Gasteiger partial charge in [-0.3, -0.25) is 0 Å². The predicted octanol–water partition coefficient (Wildman–Crippen LogP) is 0.910. The number of rotatable bonds is 1. The van der Waals surface area contributed by atoms with Crippen LogP contribution in [0, 0.1) is 0 Å². The molecule has 0 saturated carbocycles. The molecule has 1 heteroatoms. The lowest BCUT2D eigenvalue weighted by molar-refractivity contribution is 0.924. The van der Waals surface area contributed by atoms with E-state index in [9.17, 15) is 0 Å². The van der Waals surface area contributed by atoms with Crippen LogP contribution in [0.3, 0.4) is 0 Å². The van der Waals surface area contributed by atoms with Gasteiger partial charge in [0.05, 0.1) is 0 Å². The smallest absolute Gasteiger partial charge is 0.0194 e. The Hall–Kier alpha value is -0.300. The molecule has 0 fully saturated rings. The molecule has 2 N–H and O–H groups in total. The minimum absolute atomic E-state index is 0.218. The van der Waals surface area contributed by atoms with E-state index >= 15 is 0 Å². The van der Waals surface area contributed by atoms with Crippen LogP contribution in [0.15, 0.2) is 12.2 Å². The van der Waals surface area contributed by atoms with Gasteiger partial charge in [0.1, 0.15) is 0 Å². The Morgan fingerprint density at radius 2 is 2.17 bits per heavy atom. The maximum Gasteiger partial charge on any atom is 0.0194 e. The molecule has 0 aliphatic heterocycles. The molecule has 0 saturated heterocycles. The molecule has 0 bridgehead atoms. The zero-order valence-corrected chi connectivity index (χ0v) is 4.31. The fraction of sp³-hybridized carbons (Fsp3) is 0.600. The van der Waals surface area contributed by atoms with Crippen LogP contribution in [0.4, 0.5) is 0 Å².